The van der Waals surface area contributed by atoms with Crippen molar-refractivity contribution in [2.24, 2.45) is 17.8 Å². The van der Waals surface area contributed by atoms with Crippen LogP contribution in [0.25, 0.3) is 0 Å². The van der Waals surface area contributed by atoms with Crippen LogP contribution < -0.4 is 0 Å². The zero-order valence-corrected chi connectivity index (χ0v) is 9.08. The summed E-state index contributed by atoms with van der Waals surface area (Å²) >= 11 is 0. The van der Waals surface area contributed by atoms with Crippen molar-refractivity contribution in [3.8, 4) is 0 Å². The van der Waals surface area contributed by atoms with E-state index < -0.39 is 0 Å². The molecule has 2 saturated carbocycles. The summed E-state index contributed by atoms with van der Waals surface area (Å²) in [6.07, 6.45) is 8.79. The summed E-state index contributed by atoms with van der Waals surface area (Å²) in [4.78, 5) is 12.2. The first-order valence-electron chi connectivity index (χ1n) is 6.19. The van der Waals surface area contributed by atoms with E-state index in [1.54, 1.807) is 6.26 Å². The summed E-state index contributed by atoms with van der Waals surface area (Å²) in [7, 11) is 0. The van der Waals surface area contributed by atoms with Crippen molar-refractivity contribution in [1.29, 1.82) is 0 Å². The first-order valence-corrected chi connectivity index (χ1v) is 6.19. The summed E-state index contributed by atoms with van der Waals surface area (Å²) < 4.78 is 5.26. The van der Waals surface area contributed by atoms with Gasteiger partial charge in [-0.2, -0.15) is 0 Å². The van der Waals surface area contributed by atoms with Crippen LogP contribution in [0.1, 0.15) is 38.5 Å². The summed E-state index contributed by atoms with van der Waals surface area (Å²) in [5.41, 5.74) is 0.957. The highest BCUT2D eigenvalue weighted by molar-refractivity contribution is 5.97. The second-order valence-electron chi connectivity index (χ2n) is 5.26. The lowest BCUT2D eigenvalue weighted by atomic mass is 9.82. The van der Waals surface area contributed by atoms with Gasteiger partial charge in [-0.25, -0.2) is 0 Å². The van der Waals surface area contributed by atoms with Crippen LogP contribution in [0.3, 0.4) is 0 Å². The number of fused-ring (bicyclic) bond motifs is 2. The fraction of sp³-hybridized carbons (Fsp3) is 0.769. The van der Waals surface area contributed by atoms with E-state index in [-0.39, 0.29) is 0 Å². The van der Waals surface area contributed by atoms with Gasteiger partial charge < -0.3 is 4.74 Å². The number of hydrogen-bond donors (Lipinski definition) is 0. The van der Waals surface area contributed by atoms with Gasteiger partial charge in [0.2, 0.25) is 0 Å². The van der Waals surface area contributed by atoms with E-state index in [1.807, 2.05) is 0 Å². The van der Waals surface area contributed by atoms with Crippen molar-refractivity contribution >= 4 is 5.78 Å². The molecule has 0 spiro atoms. The molecule has 82 valence electrons. The Morgan fingerprint density at radius 3 is 2.87 bits per heavy atom. The lowest BCUT2D eigenvalue weighted by Crippen LogP contribution is -2.23. The van der Waals surface area contributed by atoms with Gasteiger partial charge in [0.15, 0.2) is 5.78 Å². The zero-order chi connectivity index (χ0) is 10.3. The fourth-order valence-corrected chi connectivity index (χ4v) is 3.55. The van der Waals surface area contributed by atoms with Gasteiger partial charge in [-0.1, -0.05) is 6.42 Å². The number of allylic oxidation sites excluding steroid dienone is 1. The van der Waals surface area contributed by atoms with Crippen molar-refractivity contribution in [2.75, 3.05) is 6.61 Å². The lowest BCUT2D eigenvalue weighted by Gasteiger charge is -2.22. The first-order chi connectivity index (χ1) is 7.34. The number of hydrogen-bond acceptors (Lipinski definition) is 2. The van der Waals surface area contributed by atoms with E-state index in [1.165, 1.54) is 19.3 Å². The fourth-order valence-electron chi connectivity index (χ4n) is 3.55. The molecule has 0 N–H and O–H groups in total. The minimum absolute atomic E-state index is 0.344. The average Bonchev–Trinajstić information content (AvgIpc) is 2.91. The standard InChI is InChI=1S/C13H18O2/c14-13(11-2-1-5-15-8-11)12-7-9-3-4-10(12)6-9/h8-10,12H,1-7H2. The normalized spacial score (nSPS) is 38.7. The van der Waals surface area contributed by atoms with E-state index in [2.05, 4.69) is 0 Å². The molecule has 2 aliphatic carbocycles. The highest BCUT2D eigenvalue weighted by Crippen LogP contribution is 2.49. The van der Waals surface area contributed by atoms with Gasteiger partial charge in [0.1, 0.15) is 0 Å². The molecule has 0 aromatic carbocycles. The smallest absolute Gasteiger partial charge is 0.165 e. The van der Waals surface area contributed by atoms with E-state index in [9.17, 15) is 4.79 Å². The van der Waals surface area contributed by atoms with Crippen LogP contribution in [-0.4, -0.2) is 12.4 Å². The average molecular weight is 206 g/mol. The molecule has 3 unspecified atom stereocenters. The quantitative estimate of drug-likeness (QED) is 0.694. The minimum Gasteiger partial charge on any atom is -0.501 e. The maximum Gasteiger partial charge on any atom is 0.165 e. The Bertz CT molecular complexity index is 306. The summed E-state index contributed by atoms with van der Waals surface area (Å²) in [6.45, 7) is 0.785. The molecule has 0 aromatic rings. The molecule has 0 saturated heterocycles. The van der Waals surface area contributed by atoms with Crippen LogP contribution in [0.2, 0.25) is 0 Å². The second-order valence-corrected chi connectivity index (χ2v) is 5.26. The molecular formula is C13H18O2. The Kier molecular flexibility index (Phi) is 2.30. The monoisotopic (exact) mass is 206 g/mol. The number of Topliss-reactive ketones (excluding diaryl/α,β-unsaturated/α-hetero) is 1. The summed E-state index contributed by atoms with van der Waals surface area (Å²) in [5, 5.41) is 0. The largest absolute Gasteiger partial charge is 0.501 e. The van der Waals surface area contributed by atoms with Gasteiger partial charge >= 0.3 is 0 Å². The van der Waals surface area contributed by atoms with Gasteiger partial charge in [-0.3, -0.25) is 4.79 Å². The third-order valence-corrected chi connectivity index (χ3v) is 4.33. The van der Waals surface area contributed by atoms with Gasteiger partial charge in [0, 0.05) is 11.5 Å². The van der Waals surface area contributed by atoms with Gasteiger partial charge in [-0.15, -0.1) is 0 Å². The molecule has 3 atom stereocenters. The minimum atomic E-state index is 0.344. The van der Waals surface area contributed by atoms with Crippen molar-refractivity contribution in [2.45, 2.75) is 38.5 Å². The van der Waals surface area contributed by atoms with Crippen LogP contribution in [0.5, 0.6) is 0 Å². The Morgan fingerprint density at radius 2 is 2.27 bits per heavy atom. The number of carbonyl (C=O) groups is 1. The number of carbonyl (C=O) groups excluding carboxylic acids is 1. The van der Waals surface area contributed by atoms with Crippen molar-refractivity contribution < 1.29 is 9.53 Å². The maximum atomic E-state index is 12.2. The first kappa shape index (κ1) is 9.44. The molecular weight excluding hydrogens is 188 g/mol. The van der Waals surface area contributed by atoms with Gasteiger partial charge in [-0.05, 0) is 43.9 Å². The summed E-state index contributed by atoms with van der Waals surface area (Å²) in [6, 6.07) is 0. The molecule has 2 heteroatoms. The van der Waals surface area contributed by atoms with E-state index in [0.717, 1.165) is 37.4 Å². The molecule has 3 aliphatic rings. The maximum absolute atomic E-state index is 12.2. The molecule has 0 aromatic heterocycles. The van der Waals surface area contributed by atoms with E-state index in [4.69, 9.17) is 4.74 Å². The molecule has 2 fully saturated rings. The molecule has 2 nitrogen and oxygen atoms in total. The number of ketones is 1. The highest BCUT2D eigenvalue weighted by Gasteiger charge is 2.43. The Hall–Kier alpha value is -0.790. The zero-order valence-electron chi connectivity index (χ0n) is 9.08. The van der Waals surface area contributed by atoms with Crippen LogP contribution in [0.15, 0.2) is 11.8 Å². The molecule has 1 heterocycles. The molecule has 3 rings (SSSR count). The van der Waals surface area contributed by atoms with E-state index >= 15 is 0 Å². The molecule has 2 bridgehead atoms. The van der Waals surface area contributed by atoms with E-state index in [0.29, 0.717) is 17.6 Å². The highest BCUT2D eigenvalue weighted by atomic mass is 16.5. The molecule has 0 amide bonds. The second kappa shape index (κ2) is 3.66. The predicted octanol–water partition coefficient (Wildman–Crippen LogP) is 2.69. The Morgan fingerprint density at radius 1 is 1.33 bits per heavy atom. The van der Waals surface area contributed by atoms with Gasteiger partial charge in [0.05, 0.1) is 12.9 Å². The van der Waals surface area contributed by atoms with Crippen LogP contribution in [0, 0.1) is 17.8 Å². The lowest BCUT2D eigenvalue weighted by molar-refractivity contribution is -0.121. The third-order valence-electron chi connectivity index (χ3n) is 4.33. The van der Waals surface area contributed by atoms with Crippen molar-refractivity contribution in [1.82, 2.24) is 0 Å². The third kappa shape index (κ3) is 1.60. The SMILES string of the molecule is O=C(C1=COCCC1)C1CC2CCC1C2. The molecule has 0 radical (unpaired) electrons. The van der Waals surface area contributed by atoms with Crippen LogP contribution in [-0.2, 0) is 9.53 Å². The van der Waals surface area contributed by atoms with Crippen molar-refractivity contribution in [3.05, 3.63) is 11.8 Å². The Balaban J connectivity index is 1.72. The molecule has 15 heavy (non-hydrogen) atoms. The topological polar surface area (TPSA) is 26.3 Å². The van der Waals surface area contributed by atoms with Crippen LogP contribution in [0.4, 0.5) is 0 Å². The predicted molar refractivity (Wildman–Crippen MR) is 57.2 cm³/mol. The van der Waals surface area contributed by atoms with Gasteiger partial charge in [0.25, 0.3) is 0 Å². The van der Waals surface area contributed by atoms with Crippen LogP contribution >= 0.6 is 0 Å². The molecule has 1 aliphatic heterocycles. The van der Waals surface area contributed by atoms with Crippen molar-refractivity contribution in [3.63, 3.8) is 0 Å². The number of ether oxygens (including phenoxy) is 1. The number of rotatable bonds is 2. The summed E-state index contributed by atoms with van der Waals surface area (Å²) in [5.74, 6) is 2.30. The Labute approximate surface area is 90.7 Å².